The predicted octanol–water partition coefficient (Wildman–Crippen LogP) is 0.655. The smallest absolute Gasteiger partial charge is 0.317 e. The van der Waals surface area contributed by atoms with Crippen molar-refractivity contribution in [3.05, 3.63) is 12.7 Å². The van der Waals surface area contributed by atoms with Crippen LogP contribution in [0.4, 0.5) is 0 Å². The molecule has 16 heavy (non-hydrogen) atoms. The Bertz CT molecular complexity index is 275. The van der Waals surface area contributed by atoms with Gasteiger partial charge in [-0.25, -0.2) is 0 Å². The van der Waals surface area contributed by atoms with Crippen LogP contribution in [-0.2, 0) is 4.79 Å². The zero-order valence-corrected chi connectivity index (χ0v) is 9.69. The summed E-state index contributed by atoms with van der Waals surface area (Å²) < 4.78 is 0. The van der Waals surface area contributed by atoms with Crippen molar-refractivity contribution in [3.63, 3.8) is 0 Å². The lowest BCUT2D eigenvalue weighted by atomic mass is 9.72. The van der Waals surface area contributed by atoms with E-state index in [0.717, 1.165) is 32.7 Å². The molecule has 0 aliphatic carbocycles. The van der Waals surface area contributed by atoms with Crippen LogP contribution in [0.15, 0.2) is 12.7 Å². The fraction of sp³-hybridized carbons (Fsp3) is 0.750. The Kier molecular flexibility index (Phi) is 3.30. The number of carbonyl (C=O) groups is 1. The maximum Gasteiger partial charge on any atom is 0.317 e. The van der Waals surface area contributed by atoms with Crippen molar-refractivity contribution in [2.24, 2.45) is 5.41 Å². The van der Waals surface area contributed by atoms with Gasteiger partial charge in [0, 0.05) is 19.6 Å². The second-order valence-electron chi connectivity index (χ2n) is 5.13. The number of carboxylic acid groups (broad SMARTS) is 1. The zero-order chi connectivity index (χ0) is 11.6. The summed E-state index contributed by atoms with van der Waals surface area (Å²) in [5.74, 6) is -0.709. The van der Waals surface area contributed by atoms with Gasteiger partial charge in [0.15, 0.2) is 0 Å². The fourth-order valence-electron chi connectivity index (χ4n) is 2.91. The SMILES string of the molecule is C=CCN1CCC2(CC1)CN(CC(=O)O)C2. The second-order valence-corrected chi connectivity index (χ2v) is 5.13. The average molecular weight is 224 g/mol. The standard InChI is InChI=1S/C12H20N2O2/c1-2-5-13-6-3-12(4-7-13)9-14(10-12)8-11(15)16/h2H,1,3-10H2,(H,15,16). The third-order valence-corrected chi connectivity index (χ3v) is 3.78. The van der Waals surface area contributed by atoms with Gasteiger partial charge in [0.2, 0.25) is 0 Å². The first-order valence-corrected chi connectivity index (χ1v) is 5.91. The van der Waals surface area contributed by atoms with Crippen LogP contribution < -0.4 is 0 Å². The van der Waals surface area contributed by atoms with E-state index in [0.29, 0.717) is 5.41 Å². The van der Waals surface area contributed by atoms with Crippen LogP contribution in [0.1, 0.15) is 12.8 Å². The Morgan fingerprint density at radius 1 is 1.31 bits per heavy atom. The number of hydrogen-bond donors (Lipinski definition) is 1. The molecule has 0 radical (unpaired) electrons. The van der Waals surface area contributed by atoms with E-state index in [1.54, 1.807) is 0 Å². The number of hydrogen-bond acceptors (Lipinski definition) is 3. The molecular formula is C12H20N2O2. The third kappa shape index (κ3) is 2.44. The van der Waals surface area contributed by atoms with Crippen molar-refractivity contribution < 1.29 is 9.90 Å². The minimum atomic E-state index is -0.709. The van der Waals surface area contributed by atoms with Gasteiger partial charge >= 0.3 is 5.97 Å². The topological polar surface area (TPSA) is 43.8 Å². The summed E-state index contributed by atoms with van der Waals surface area (Å²) in [6, 6.07) is 0. The number of aliphatic carboxylic acids is 1. The molecule has 1 spiro atoms. The van der Waals surface area contributed by atoms with Crippen molar-refractivity contribution in [2.45, 2.75) is 12.8 Å². The van der Waals surface area contributed by atoms with Crippen LogP contribution >= 0.6 is 0 Å². The van der Waals surface area contributed by atoms with E-state index in [1.165, 1.54) is 12.8 Å². The largest absolute Gasteiger partial charge is 0.480 e. The highest BCUT2D eigenvalue weighted by molar-refractivity contribution is 5.69. The Balaban J connectivity index is 1.74. The molecule has 2 saturated heterocycles. The van der Waals surface area contributed by atoms with Crippen LogP contribution in [-0.4, -0.2) is 60.1 Å². The monoisotopic (exact) mass is 224 g/mol. The molecule has 2 rings (SSSR count). The molecule has 2 aliphatic heterocycles. The van der Waals surface area contributed by atoms with E-state index < -0.39 is 5.97 Å². The lowest BCUT2D eigenvalue weighted by Gasteiger charge is -2.53. The molecule has 0 saturated carbocycles. The molecule has 2 aliphatic rings. The molecule has 0 aromatic rings. The van der Waals surface area contributed by atoms with Crippen molar-refractivity contribution in [1.29, 1.82) is 0 Å². The van der Waals surface area contributed by atoms with Crippen LogP contribution in [0.3, 0.4) is 0 Å². The minimum Gasteiger partial charge on any atom is -0.480 e. The van der Waals surface area contributed by atoms with Crippen LogP contribution in [0, 0.1) is 5.41 Å². The normalized spacial score (nSPS) is 25.2. The van der Waals surface area contributed by atoms with Crippen LogP contribution in [0.2, 0.25) is 0 Å². The average Bonchev–Trinajstić information content (AvgIpc) is 2.18. The van der Waals surface area contributed by atoms with E-state index in [1.807, 2.05) is 11.0 Å². The van der Waals surface area contributed by atoms with E-state index >= 15 is 0 Å². The quantitative estimate of drug-likeness (QED) is 0.712. The predicted molar refractivity (Wildman–Crippen MR) is 62.4 cm³/mol. The van der Waals surface area contributed by atoms with Gasteiger partial charge in [-0.05, 0) is 31.3 Å². The summed E-state index contributed by atoms with van der Waals surface area (Å²) >= 11 is 0. The molecule has 0 atom stereocenters. The van der Waals surface area contributed by atoms with E-state index in [9.17, 15) is 4.79 Å². The Morgan fingerprint density at radius 2 is 1.94 bits per heavy atom. The van der Waals surface area contributed by atoms with Crippen LogP contribution in [0.25, 0.3) is 0 Å². The highest BCUT2D eigenvalue weighted by Gasteiger charge is 2.44. The highest BCUT2D eigenvalue weighted by Crippen LogP contribution is 2.39. The summed E-state index contributed by atoms with van der Waals surface area (Å²) in [5.41, 5.74) is 0.424. The summed E-state index contributed by atoms with van der Waals surface area (Å²) in [6.45, 7) is 9.15. The highest BCUT2D eigenvalue weighted by atomic mass is 16.4. The zero-order valence-electron chi connectivity index (χ0n) is 9.69. The Hall–Kier alpha value is -0.870. The van der Waals surface area contributed by atoms with Crippen LogP contribution in [0.5, 0.6) is 0 Å². The van der Waals surface area contributed by atoms with Gasteiger partial charge in [0.25, 0.3) is 0 Å². The first-order valence-electron chi connectivity index (χ1n) is 5.91. The number of carboxylic acids is 1. The summed E-state index contributed by atoms with van der Waals surface area (Å²) in [6.07, 6.45) is 4.36. The number of piperidine rings is 1. The Labute approximate surface area is 96.5 Å². The molecule has 2 fully saturated rings. The minimum absolute atomic E-state index is 0.206. The third-order valence-electron chi connectivity index (χ3n) is 3.78. The first-order chi connectivity index (χ1) is 7.63. The van der Waals surface area contributed by atoms with Gasteiger partial charge in [-0.1, -0.05) is 6.08 Å². The molecule has 4 nitrogen and oxygen atoms in total. The van der Waals surface area contributed by atoms with Crippen molar-refractivity contribution in [2.75, 3.05) is 39.3 Å². The molecule has 0 amide bonds. The molecule has 0 unspecified atom stereocenters. The van der Waals surface area contributed by atoms with Gasteiger partial charge in [-0.2, -0.15) is 0 Å². The summed E-state index contributed by atoms with van der Waals surface area (Å²) in [5, 5.41) is 8.69. The Morgan fingerprint density at radius 3 is 2.44 bits per heavy atom. The molecule has 90 valence electrons. The fourth-order valence-corrected chi connectivity index (χ4v) is 2.91. The van der Waals surface area contributed by atoms with E-state index in [4.69, 9.17) is 5.11 Å². The molecule has 4 heteroatoms. The molecule has 2 heterocycles. The molecular weight excluding hydrogens is 204 g/mol. The first kappa shape index (κ1) is 11.6. The summed E-state index contributed by atoms with van der Waals surface area (Å²) in [7, 11) is 0. The number of nitrogens with zero attached hydrogens (tertiary/aromatic N) is 2. The lowest BCUT2D eigenvalue weighted by molar-refractivity contribution is -0.143. The molecule has 0 aromatic carbocycles. The van der Waals surface area contributed by atoms with Gasteiger partial charge in [0.05, 0.1) is 6.54 Å². The molecule has 0 aromatic heterocycles. The van der Waals surface area contributed by atoms with Gasteiger partial charge in [-0.15, -0.1) is 6.58 Å². The lowest BCUT2D eigenvalue weighted by Crippen LogP contribution is -2.61. The molecule has 0 bridgehead atoms. The van der Waals surface area contributed by atoms with E-state index in [-0.39, 0.29) is 6.54 Å². The number of rotatable bonds is 4. The maximum atomic E-state index is 10.5. The van der Waals surface area contributed by atoms with Crippen molar-refractivity contribution >= 4 is 5.97 Å². The number of likely N-dealkylation sites (tertiary alicyclic amines) is 2. The van der Waals surface area contributed by atoms with Crippen molar-refractivity contribution in [3.8, 4) is 0 Å². The van der Waals surface area contributed by atoms with E-state index in [2.05, 4.69) is 11.5 Å². The van der Waals surface area contributed by atoms with Crippen molar-refractivity contribution in [1.82, 2.24) is 9.80 Å². The van der Waals surface area contributed by atoms with Gasteiger partial charge in [-0.3, -0.25) is 14.6 Å². The maximum absolute atomic E-state index is 10.5. The summed E-state index contributed by atoms with van der Waals surface area (Å²) in [4.78, 5) is 15.0. The van der Waals surface area contributed by atoms with Gasteiger partial charge in [0.1, 0.15) is 0 Å². The second kappa shape index (κ2) is 4.55. The molecule has 1 N–H and O–H groups in total. The van der Waals surface area contributed by atoms with Gasteiger partial charge < -0.3 is 5.11 Å².